The van der Waals surface area contributed by atoms with Gasteiger partial charge in [0.15, 0.2) is 0 Å². The highest BCUT2D eigenvalue weighted by molar-refractivity contribution is 9.10. The van der Waals surface area contributed by atoms with Gasteiger partial charge in [0.05, 0.1) is 25.5 Å². The Kier molecular flexibility index (Phi) is 5.07. The van der Waals surface area contributed by atoms with E-state index in [0.717, 1.165) is 21.5 Å². The van der Waals surface area contributed by atoms with Crippen LogP contribution in [0.25, 0.3) is 0 Å². The topological polar surface area (TPSA) is 54.3 Å². The van der Waals surface area contributed by atoms with Gasteiger partial charge in [-0.05, 0) is 45.8 Å². The zero-order valence-electron chi connectivity index (χ0n) is 11.8. The summed E-state index contributed by atoms with van der Waals surface area (Å²) in [4.78, 5) is 0. The van der Waals surface area contributed by atoms with E-state index in [1.807, 2.05) is 30.3 Å². The predicted octanol–water partition coefficient (Wildman–Crippen LogP) is 3.95. The molecule has 0 heterocycles. The largest absolute Gasteiger partial charge is 0.497 e. The number of hydrogen-bond donors (Lipinski definition) is 1. The lowest BCUT2D eigenvalue weighted by Crippen LogP contribution is -2.01. The molecular formula is C16H15BrN2O2. The summed E-state index contributed by atoms with van der Waals surface area (Å²) in [6.07, 6.45) is 0. The van der Waals surface area contributed by atoms with Gasteiger partial charge in [0.2, 0.25) is 0 Å². The Morgan fingerprint density at radius 3 is 2.62 bits per heavy atom. The molecule has 0 aliphatic heterocycles. The third kappa shape index (κ3) is 3.67. The molecule has 0 unspecified atom stereocenters. The lowest BCUT2D eigenvalue weighted by atomic mass is 10.1. The summed E-state index contributed by atoms with van der Waals surface area (Å²) in [5.74, 6) is 1.37. The van der Waals surface area contributed by atoms with E-state index in [9.17, 15) is 0 Å². The van der Waals surface area contributed by atoms with Crippen molar-refractivity contribution in [2.24, 2.45) is 0 Å². The van der Waals surface area contributed by atoms with E-state index in [4.69, 9.17) is 14.7 Å². The number of hydrogen-bond acceptors (Lipinski definition) is 4. The summed E-state index contributed by atoms with van der Waals surface area (Å²) in [5, 5.41) is 12.4. The molecule has 2 rings (SSSR count). The number of anilines is 1. The Labute approximate surface area is 132 Å². The first-order chi connectivity index (χ1) is 10.2. The molecule has 108 valence electrons. The molecule has 0 saturated carbocycles. The Morgan fingerprint density at radius 2 is 1.95 bits per heavy atom. The van der Waals surface area contributed by atoms with Crippen molar-refractivity contribution in [3.63, 3.8) is 0 Å². The summed E-state index contributed by atoms with van der Waals surface area (Å²) < 4.78 is 11.3. The van der Waals surface area contributed by atoms with Crippen LogP contribution in [0, 0.1) is 11.3 Å². The van der Waals surface area contributed by atoms with Crippen molar-refractivity contribution < 1.29 is 9.47 Å². The van der Waals surface area contributed by atoms with Crippen molar-refractivity contribution >= 4 is 21.6 Å². The fraction of sp³-hybridized carbons (Fsp3) is 0.188. The Balaban J connectivity index is 2.15. The van der Waals surface area contributed by atoms with Crippen LogP contribution in [0.15, 0.2) is 40.9 Å². The van der Waals surface area contributed by atoms with Gasteiger partial charge >= 0.3 is 0 Å². The highest BCUT2D eigenvalue weighted by Gasteiger charge is 2.05. The first-order valence-electron chi connectivity index (χ1n) is 6.32. The molecule has 0 aromatic heterocycles. The fourth-order valence-electron chi connectivity index (χ4n) is 1.92. The van der Waals surface area contributed by atoms with Gasteiger partial charge in [0, 0.05) is 17.1 Å². The molecule has 0 spiro atoms. The number of benzene rings is 2. The van der Waals surface area contributed by atoms with E-state index in [1.54, 1.807) is 20.3 Å². The molecule has 2 aromatic rings. The number of rotatable bonds is 5. The molecule has 0 fully saturated rings. The quantitative estimate of drug-likeness (QED) is 0.890. The zero-order chi connectivity index (χ0) is 15.2. The van der Waals surface area contributed by atoms with Crippen LogP contribution in [0.2, 0.25) is 0 Å². The fourth-order valence-corrected chi connectivity index (χ4v) is 2.30. The summed E-state index contributed by atoms with van der Waals surface area (Å²) >= 11 is 3.49. The van der Waals surface area contributed by atoms with Gasteiger partial charge in [-0.1, -0.05) is 6.07 Å². The molecule has 2 aromatic carbocycles. The number of ether oxygens (including phenoxy) is 2. The average molecular weight is 347 g/mol. The number of nitrogens with one attached hydrogen (secondary N) is 1. The highest BCUT2D eigenvalue weighted by atomic mass is 79.9. The smallest absolute Gasteiger partial charge is 0.136 e. The Bertz CT molecular complexity index is 680. The van der Waals surface area contributed by atoms with Gasteiger partial charge in [-0.2, -0.15) is 5.26 Å². The number of nitriles is 1. The van der Waals surface area contributed by atoms with Crippen molar-refractivity contribution in [1.29, 1.82) is 5.26 Å². The molecule has 21 heavy (non-hydrogen) atoms. The maximum atomic E-state index is 9.10. The van der Waals surface area contributed by atoms with Gasteiger partial charge < -0.3 is 14.8 Å². The third-order valence-electron chi connectivity index (χ3n) is 3.04. The van der Waals surface area contributed by atoms with Crippen LogP contribution in [-0.2, 0) is 6.54 Å². The molecule has 0 bridgehead atoms. The summed E-state index contributed by atoms with van der Waals surface area (Å²) in [6.45, 7) is 0.602. The van der Waals surface area contributed by atoms with Crippen molar-refractivity contribution in [1.82, 2.24) is 0 Å². The van der Waals surface area contributed by atoms with E-state index in [-0.39, 0.29) is 0 Å². The minimum Gasteiger partial charge on any atom is -0.497 e. The van der Waals surface area contributed by atoms with E-state index < -0.39 is 0 Å². The van der Waals surface area contributed by atoms with Crippen LogP contribution in [0.1, 0.15) is 11.1 Å². The maximum Gasteiger partial charge on any atom is 0.136 e. The molecule has 5 heteroatoms. The second kappa shape index (κ2) is 7.00. The lowest BCUT2D eigenvalue weighted by molar-refractivity contribution is 0.413. The molecule has 0 aliphatic rings. The molecule has 0 atom stereocenters. The van der Waals surface area contributed by atoms with Gasteiger partial charge in [-0.3, -0.25) is 0 Å². The predicted molar refractivity (Wildman–Crippen MR) is 85.7 cm³/mol. The van der Waals surface area contributed by atoms with Crippen LogP contribution < -0.4 is 14.8 Å². The monoisotopic (exact) mass is 346 g/mol. The number of methoxy groups -OCH3 is 2. The number of nitrogens with zero attached hydrogens (tertiary/aromatic N) is 1. The first kappa shape index (κ1) is 15.2. The van der Waals surface area contributed by atoms with Crippen LogP contribution >= 0.6 is 15.9 Å². The van der Waals surface area contributed by atoms with Crippen molar-refractivity contribution in [3.8, 4) is 17.6 Å². The van der Waals surface area contributed by atoms with E-state index in [1.165, 1.54) is 0 Å². The van der Waals surface area contributed by atoms with Crippen LogP contribution in [0.5, 0.6) is 11.5 Å². The summed E-state index contributed by atoms with van der Waals surface area (Å²) in [6, 6.07) is 13.4. The third-order valence-corrected chi connectivity index (χ3v) is 3.73. The second-order valence-electron chi connectivity index (χ2n) is 4.35. The lowest BCUT2D eigenvalue weighted by Gasteiger charge is -2.11. The molecule has 0 aliphatic carbocycles. The zero-order valence-corrected chi connectivity index (χ0v) is 13.4. The Hall–Kier alpha value is -2.19. The first-order valence-corrected chi connectivity index (χ1v) is 7.11. The molecule has 0 saturated heterocycles. The van der Waals surface area contributed by atoms with Crippen LogP contribution in [-0.4, -0.2) is 14.2 Å². The normalized spacial score (nSPS) is 9.81. The summed E-state index contributed by atoms with van der Waals surface area (Å²) in [5.41, 5.74) is 2.47. The van der Waals surface area contributed by atoms with Crippen molar-refractivity contribution in [2.45, 2.75) is 6.54 Å². The van der Waals surface area contributed by atoms with Gasteiger partial charge in [0.25, 0.3) is 0 Å². The highest BCUT2D eigenvalue weighted by Crippen LogP contribution is 2.28. The van der Waals surface area contributed by atoms with Crippen molar-refractivity contribution in [3.05, 3.63) is 52.0 Å². The maximum absolute atomic E-state index is 9.10. The van der Waals surface area contributed by atoms with E-state index >= 15 is 0 Å². The molecular weight excluding hydrogens is 332 g/mol. The number of halogens is 1. The molecule has 4 nitrogen and oxygen atoms in total. The van der Waals surface area contributed by atoms with Gasteiger partial charge in [0.1, 0.15) is 17.6 Å². The summed E-state index contributed by atoms with van der Waals surface area (Å²) in [7, 11) is 3.19. The van der Waals surface area contributed by atoms with Gasteiger partial charge in [-0.15, -0.1) is 0 Å². The second-order valence-corrected chi connectivity index (χ2v) is 5.20. The standard InChI is InChI=1S/C16H15BrN2O2/c1-20-13-4-5-14(17)15(8-13)19-10-11-3-6-16(21-2)12(7-11)9-18/h3-8,19H,10H2,1-2H3. The molecule has 0 amide bonds. The average Bonchev–Trinajstić information content (AvgIpc) is 2.53. The molecule has 1 N–H and O–H groups in total. The van der Waals surface area contributed by atoms with Crippen LogP contribution in [0.4, 0.5) is 5.69 Å². The van der Waals surface area contributed by atoms with Crippen LogP contribution in [0.3, 0.4) is 0 Å². The van der Waals surface area contributed by atoms with Crippen molar-refractivity contribution in [2.75, 3.05) is 19.5 Å². The van der Waals surface area contributed by atoms with E-state index in [2.05, 4.69) is 27.3 Å². The van der Waals surface area contributed by atoms with E-state index in [0.29, 0.717) is 17.9 Å². The Morgan fingerprint density at radius 1 is 1.14 bits per heavy atom. The van der Waals surface area contributed by atoms with Gasteiger partial charge in [-0.25, -0.2) is 0 Å². The molecule has 0 radical (unpaired) electrons. The minimum absolute atomic E-state index is 0.529. The minimum atomic E-state index is 0.529. The SMILES string of the molecule is COc1ccc(Br)c(NCc2ccc(OC)c(C#N)c2)c1.